The van der Waals surface area contributed by atoms with Crippen molar-refractivity contribution in [2.45, 2.75) is 45.3 Å². The largest absolute Gasteiger partial charge is 0.497 e. The van der Waals surface area contributed by atoms with Gasteiger partial charge in [0.25, 0.3) is 0 Å². The van der Waals surface area contributed by atoms with E-state index in [0.29, 0.717) is 0 Å². The summed E-state index contributed by atoms with van der Waals surface area (Å²) in [7, 11) is 5.11. The molecule has 4 heteroatoms. The monoisotopic (exact) mass is 295 g/mol. The molecule has 1 aromatic carbocycles. The maximum atomic E-state index is 5.51. The molecule has 21 heavy (non-hydrogen) atoms. The Hall–Kier alpha value is -1.26. The molecule has 0 amide bonds. The molecule has 1 unspecified atom stereocenters. The molecule has 0 aliphatic carbocycles. The van der Waals surface area contributed by atoms with Crippen LogP contribution in [0, 0.1) is 0 Å². The molecule has 1 N–H and O–H groups in total. The number of ether oxygens (including phenoxy) is 3. The predicted octanol–water partition coefficient (Wildman–Crippen LogP) is 3.56. The van der Waals surface area contributed by atoms with Gasteiger partial charge >= 0.3 is 0 Å². The molecule has 1 atom stereocenters. The summed E-state index contributed by atoms with van der Waals surface area (Å²) < 4.78 is 16.2. The zero-order valence-electron chi connectivity index (χ0n) is 14.2. The fourth-order valence-corrected chi connectivity index (χ4v) is 2.26. The first-order valence-electron chi connectivity index (χ1n) is 7.47. The molecule has 0 radical (unpaired) electrons. The van der Waals surface area contributed by atoms with Crippen LogP contribution in [0.15, 0.2) is 18.2 Å². The van der Waals surface area contributed by atoms with Gasteiger partial charge in [-0.25, -0.2) is 0 Å². The van der Waals surface area contributed by atoms with Gasteiger partial charge in [0.05, 0.1) is 19.8 Å². The van der Waals surface area contributed by atoms with Crippen molar-refractivity contribution in [3.63, 3.8) is 0 Å². The van der Waals surface area contributed by atoms with Crippen LogP contribution >= 0.6 is 0 Å². The van der Waals surface area contributed by atoms with Crippen LogP contribution in [0.3, 0.4) is 0 Å². The van der Waals surface area contributed by atoms with Crippen LogP contribution in [0.1, 0.15) is 45.2 Å². The maximum absolute atomic E-state index is 5.51. The van der Waals surface area contributed by atoms with E-state index in [0.717, 1.165) is 30.9 Å². The Bertz CT molecular complexity index is 410. The number of rotatable bonds is 9. The van der Waals surface area contributed by atoms with Crippen LogP contribution in [0.25, 0.3) is 0 Å². The van der Waals surface area contributed by atoms with Gasteiger partial charge in [-0.05, 0) is 50.9 Å². The Morgan fingerprint density at radius 3 is 2.05 bits per heavy atom. The predicted molar refractivity (Wildman–Crippen MR) is 86.3 cm³/mol. The van der Waals surface area contributed by atoms with Crippen molar-refractivity contribution >= 4 is 0 Å². The highest BCUT2D eigenvalue weighted by molar-refractivity contribution is 5.39. The molecule has 120 valence electrons. The summed E-state index contributed by atoms with van der Waals surface area (Å²) in [5.41, 5.74) is 1.07. The summed E-state index contributed by atoms with van der Waals surface area (Å²) in [6.45, 7) is 7.26. The minimum absolute atomic E-state index is 0.114. The van der Waals surface area contributed by atoms with E-state index in [4.69, 9.17) is 14.2 Å². The minimum Gasteiger partial charge on any atom is -0.497 e. The smallest absolute Gasteiger partial charge is 0.122 e. The standard InChI is InChI=1S/C17H29NO3/c1-7-18-16(8-9-17(2,3)21-6)13-10-14(19-4)12-15(11-13)20-5/h10-12,16,18H,7-9H2,1-6H3. The number of hydrogen-bond donors (Lipinski definition) is 1. The van der Waals surface area contributed by atoms with Crippen LogP contribution in [-0.2, 0) is 4.74 Å². The molecular formula is C17H29NO3. The summed E-state index contributed by atoms with van der Waals surface area (Å²) in [6.07, 6.45) is 1.96. The summed E-state index contributed by atoms with van der Waals surface area (Å²) >= 11 is 0. The van der Waals surface area contributed by atoms with Crippen LogP contribution in [-0.4, -0.2) is 33.5 Å². The van der Waals surface area contributed by atoms with E-state index in [1.54, 1.807) is 21.3 Å². The van der Waals surface area contributed by atoms with Gasteiger partial charge < -0.3 is 19.5 Å². The average Bonchev–Trinajstić information content (AvgIpc) is 2.50. The zero-order chi connectivity index (χ0) is 15.9. The average molecular weight is 295 g/mol. The van der Waals surface area contributed by atoms with E-state index < -0.39 is 0 Å². The van der Waals surface area contributed by atoms with Crippen molar-refractivity contribution in [2.75, 3.05) is 27.9 Å². The van der Waals surface area contributed by atoms with E-state index in [1.165, 1.54) is 5.56 Å². The fraction of sp³-hybridized carbons (Fsp3) is 0.647. The third-order valence-electron chi connectivity index (χ3n) is 3.81. The van der Waals surface area contributed by atoms with Crippen molar-refractivity contribution < 1.29 is 14.2 Å². The summed E-state index contributed by atoms with van der Waals surface area (Å²) in [5, 5.41) is 3.53. The van der Waals surface area contributed by atoms with Gasteiger partial charge in [0.2, 0.25) is 0 Å². The molecule has 1 rings (SSSR count). The van der Waals surface area contributed by atoms with Crippen molar-refractivity contribution in [3.05, 3.63) is 23.8 Å². The Morgan fingerprint density at radius 2 is 1.62 bits per heavy atom. The topological polar surface area (TPSA) is 39.7 Å². The highest BCUT2D eigenvalue weighted by Crippen LogP contribution is 2.30. The van der Waals surface area contributed by atoms with E-state index in [2.05, 4.69) is 38.2 Å². The molecule has 0 spiro atoms. The van der Waals surface area contributed by atoms with Crippen molar-refractivity contribution in [2.24, 2.45) is 0 Å². The summed E-state index contributed by atoms with van der Waals surface area (Å²) in [4.78, 5) is 0. The SMILES string of the molecule is CCNC(CCC(C)(C)OC)c1cc(OC)cc(OC)c1. The molecule has 0 saturated heterocycles. The minimum atomic E-state index is -0.114. The quantitative estimate of drug-likeness (QED) is 0.756. The first-order chi connectivity index (χ1) is 9.95. The van der Waals surface area contributed by atoms with Gasteiger partial charge in [-0.3, -0.25) is 0 Å². The molecule has 0 fully saturated rings. The molecule has 0 aliphatic heterocycles. The second-order valence-corrected chi connectivity index (χ2v) is 5.76. The summed E-state index contributed by atoms with van der Waals surface area (Å²) in [5.74, 6) is 1.64. The normalized spacial score (nSPS) is 13.0. The molecule has 1 aromatic rings. The molecule has 0 aromatic heterocycles. The second-order valence-electron chi connectivity index (χ2n) is 5.76. The Morgan fingerprint density at radius 1 is 1.05 bits per heavy atom. The maximum Gasteiger partial charge on any atom is 0.122 e. The second kappa shape index (κ2) is 8.25. The van der Waals surface area contributed by atoms with Crippen molar-refractivity contribution in [3.8, 4) is 11.5 Å². The van der Waals surface area contributed by atoms with Crippen LogP contribution < -0.4 is 14.8 Å². The number of nitrogens with one attached hydrogen (secondary N) is 1. The molecule has 0 saturated carbocycles. The number of hydrogen-bond acceptors (Lipinski definition) is 4. The number of methoxy groups -OCH3 is 3. The lowest BCUT2D eigenvalue weighted by atomic mass is 9.94. The molecule has 4 nitrogen and oxygen atoms in total. The zero-order valence-corrected chi connectivity index (χ0v) is 14.2. The van der Waals surface area contributed by atoms with E-state index in [1.807, 2.05) is 6.07 Å². The lowest BCUT2D eigenvalue weighted by molar-refractivity contribution is 0.0117. The first kappa shape index (κ1) is 17.8. The van der Waals surface area contributed by atoms with E-state index >= 15 is 0 Å². The van der Waals surface area contributed by atoms with E-state index in [-0.39, 0.29) is 11.6 Å². The van der Waals surface area contributed by atoms with Crippen LogP contribution in [0.2, 0.25) is 0 Å². The summed E-state index contributed by atoms with van der Waals surface area (Å²) in [6, 6.07) is 6.28. The molecule has 0 heterocycles. The van der Waals surface area contributed by atoms with Crippen molar-refractivity contribution in [1.29, 1.82) is 0 Å². The van der Waals surface area contributed by atoms with E-state index in [9.17, 15) is 0 Å². The fourth-order valence-electron chi connectivity index (χ4n) is 2.26. The Labute approximate surface area is 128 Å². The van der Waals surface area contributed by atoms with Gasteiger partial charge in [0.15, 0.2) is 0 Å². The Kier molecular flexibility index (Phi) is 6.99. The van der Waals surface area contributed by atoms with Crippen LogP contribution in [0.5, 0.6) is 11.5 Å². The molecule has 0 aliphatic rings. The molecule has 0 bridgehead atoms. The van der Waals surface area contributed by atoms with Gasteiger partial charge in [0, 0.05) is 19.2 Å². The van der Waals surface area contributed by atoms with Gasteiger partial charge in [-0.2, -0.15) is 0 Å². The highest BCUT2D eigenvalue weighted by Gasteiger charge is 2.20. The first-order valence-corrected chi connectivity index (χ1v) is 7.47. The Balaban J connectivity index is 2.93. The third-order valence-corrected chi connectivity index (χ3v) is 3.81. The highest BCUT2D eigenvalue weighted by atomic mass is 16.5. The van der Waals surface area contributed by atoms with Gasteiger partial charge in [0.1, 0.15) is 11.5 Å². The van der Waals surface area contributed by atoms with Gasteiger partial charge in [-0.1, -0.05) is 6.92 Å². The van der Waals surface area contributed by atoms with Gasteiger partial charge in [-0.15, -0.1) is 0 Å². The lowest BCUT2D eigenvalue weighted by Crippen LogP contribution is -2.27. The molecular weight excluding hydrogens is 266 g/mol. The van der Waals surface area contributed by atoms with Crippen LogP contribution in [0.4, 0.5) is 0 Å². The number of benzene rings is 1. The lowest BCUT2D eigenvalue weighted by Gasteiger charge is -2.27. The third kappa shape index (κ3) is 5.56. The van der Waals surface area contributed by atoms with Crippen molar-refractivity contribution in [1.82, 2.24) is 5.32 Å².